The third-order valence-corrected chi connectivity index (χ3v) is 8.74. The molecule has 1 aromatic carbocycles. The predicted octanol–water partition coefficient (Wildman–Crippen LogP) is 4.36. The van der Waals surface area contributed by atoms with Crippen molar-refractivity contribution in [2.24, 2.45) is 0 Å². The van der Waals surface area contributed by atoms with Crippen molar-refractivity contribution in [1.29, 1.82) is 0 Å². The third-order valence-electron chi connectivity index (χ3n) is 3.64. The Balaban J connectivity index is 2.82. The molecule has 0 bridgehead atoms. The minimum atomic E-state index is -1.22. The van der Waals surface area contributed by atoms with E-state index in [1.54, 1.807) is 5.19 Å². The average molecular weight is 264 g/mol. The second-order valence-electron chi connectivity index (χ2n) is 6.21. The van der Waals surface area contributed by atoms with Gasteiger partial charge in [0.15, 0.2) is 0 Å². The maximum atomic E-state index is 2.54. The zero-order chi connectivity index (χ0) is 13.1. The monoisotopic (exact) mass is 263 g/mol. The molecular weight excluding hydrogens is 236 g/mol. The van der Waals surface area contributed by atoms with Crippen LogP contribution < -0.4 is 5.19 Å². The molecule has 0 saturated heterocycles. The van der Waals surface area contributed by atoms with Crippen molar-refractivity contribution in [3.8, 4) is 0 Å². The van der Waals surface area contributed by atoms with Crippen LogP contribution in [0, 0.1) is 13.8 Å². The second-order valence-corrected chi connectivity index (χ2v) is 13.9. The first-order valence-electron chi connectivity index (χ1n) is 6.70. The molecule has 1 rings (SSSR count). The van der Waals surface area contributed by atoms with Gasteiger partial charge in [-0.3, -0.25) is 0 Å². The molecule has 17 heavy (non-hydrogen) atoms. The van der Waals surface area contributed by atoms with Crippen molar-refractivity contribution in [3.05, 3.63) is 29.3 Å². The van der Waals surface area contributed by atoms with Crippen molar-refractivity contribution in [3.63, 3.8) is 0 Å². The van der Waals surface area contributed by atoms with E-state index in [0.717, 1.165) is 0 Å². The van der Waals surface area contributed by atoms with E-state index in [-0.39, 0.29) is 8.80 Å². The molecule has 0 fully saturated rings. The van der Waals surface area contributed by atoms with Gasteiger partial charge in [-0.25, -0.2) is 0 Å². The molecule has 2 heteroatoms. The van der Waals surface area contributed by atoms with Crippen LogP contribution in [0.2, 0.25) is 38.3 Å². The van der Waals surface area contributed by atoms with E-state index in [1.165, 1.54) is 29.6 Å². The fraction of sp³-hybridized carbons (Fsp3) is 0.600. The second kappa shape index (κ2) is 6.01. The Labute approximate surface area is 110 Å². The van der Waals surface area contributed by atoms with Crippen LogP contribution >= 0.6 is 0 Å². The highest BCUT2D eigenvalue weighted by molar-refractivity contribution is 6.90. The SMILES string of the molecule is Cc1cccc(C)c1[Si](C)(C)CCC[Si](C)C. The lowest BCUT2D eigenvalue weighted by Gasteiger charge is -2.27. The first-order valence-corrected chi connectivity index (χ1v) is 12.6. The molecule has 0 aromatic heterocycles. The van der Waals surface area contributed by atoms with Gasteiger partial charge in [0.25, 0.3) is 0 Å². The fourth-order valence-electron chi connectivity index (χ4n) is 2.89. The van der Waals surface area contributed by atoms with Crippen LogP contribution in [0.4, 0.5) is 0 Å². The molecule has 1 aromatic rings. The molecular formula is C15H27Si2. The van der Waals surface area contributed by atoms with E-state index in [2.05, 4.69) is 58.2 Å². The quantitative estimate of drug-likeness (QED) is 0.692. The summed E-state index contributed by atoms with van der Waals surface area (Å²) in [7, 11) is -1.25. The molecule has 0 unspecified atom stereocenters. The Morgan fingerprint density at radius 1 is 1.06 bits per heavy atom. The summed E-state index contributed by atoms with van der Waals surface area (Å²) in [6, 6.07) is 9.69. The maximum Gasteiger partial charge on any atom is 0.0813 e. The predicted molar refractivity (Wildman–Crippen MR) is 84.7 cm³/mol. The van der Waals surface area contributed by atoms with Crippen LogP contribution in [0.25, 0.3) is 0 Å². The van der Waals surface area contributed by atoms with Crippen LogP contribution in [-0.2, 0) is 0 Å². The van der Waals surface area contributed by atoms with Crippen LogP contribution in [-0.4, -0.2) is 16.9 Å². The number of hydrogen-bond donors (Lipinski definition) is 0. The summed E-state index contributed by atoms with van der Waals surface area (Å²) in [6.07, 6.45) is 1.44. The topological polar surface area (TPSA) is 0 Å². The molecule has 0 amide bonds. The van der Waals surface area contributed by atoms with Gasteiger partial charge < -0.3 is 0 Å². The first-order chi connectivity index (χ1) is 7.84. The van der Waals surface area contributed by atoms with E-state index in [1.807, 2.05) is 0 Å². The summed E-state index contributed by atoms with van der Waals surface area (Å²) in [5.41, 5.74) is 3.03. The zero-order valence-corrected chi connectivity index (χ0v) is 14.4. The van der Waals surface area contributed by atoms with E-state index in [9.17, 15) is 0 Å². The minimum absolute atomic E-state index is 0.0359. The lowest BCUT2D eigenvalue weighted by Crippen LogP contribution is -2.44. The van der Waals surface area contributed by atoms with Crippen LogP contribution in [0.5, 0.6) is 0 Å². The number of hydrogen-bond acceptors (Lipinski definition) is 0. The van der Waals surface area contributed by atoms with Crippen molar-refractivity contribution >= 4 is 22.1 Å². The summed E-state index contributed by atoms with van der Waals surface area (Å²) in [5.74, 6) is 0. The van der Waals surface area contributed by atoms with Gasteiger partial charge in [-0.2, -0.15) is 0 Å². The van der Waals surface area contributed by atoms with Gasteiger partial charge in [-0.15, -0.1) is 0 Å². The van der Waals surface area contributed by atoms with Gasteiger partial charge in [0, 0.05) is 8.80 Å². The van der Waals surface area contributed by atoms with Gasteiger partial charge in [-0.1, -0.05) is 79.2 Å². The summed E-state index contributed by atoms with van der Waals surface area (Å²) < 4.78 is 0. The van der Waals surface area contributed by atoms with Crippen LogP contribution in [0.3, 0.4) is 0 Å². The summed E-state index contributed by atoms with van der Waals surface area (Å²) in [5, 5.41) is 1.71. The average Bonchev–Trinajstić information content (AvgIpc) is 2.15. The molecule has 0 N–H and O–H groups in total. The molecule has 95 valence electrons. The highest BCUT2D eigenvalue weighted by atomic mass is 28.3. The number of benzene rings is 1. The molecule has 0 aliphatic carbocycles. The highest BCUT2D eigenvalue weighted by Gasteiger charge is 2.26. The maximum absolute atomic E-state index is 2.54. The van der Waals surface area contributed by atoms with Gasteiger partial charge in [0.2, 0.25) is 0 Å². The van der Waals surface area contributed by atoms with Crippen molar-refractivity contribution < 1.29 is 0 Å². The summed E-state index contributed by atoms with van der Waals surface area (Å²) in [4.78, 5) is 0. The van der Waals surface area contributed by atoms with Crippen molar-refractivity contribution in [2.75, 3.05) is 0 Å². The lowest BCUT2D eigenvalue weighted by atomic mass is 10.2. The Hall–Kier alpha value is -0.346. The normalized spacial score (nSPS) is 12.2. The zero-order valence-electron chi connectivity index (χ0n) is 12.4. The van der Waals surface area contributed by atoms with E-state index < -0.39 is 8.07 Å². The largest absolute Gasteiger partial charge is 0.0813 e. The molecule has 0 nitrogen and oxygen atoms in total. The Morgan fingerprint density at radius 2 is 1.59 bits per heavy atom. The van der Waals surface area contributed by atoms with Crippen molar-refractivity contribution in [1.82, 2.24) is 0 Å². The first kappa shape index (κ1) is 14.7. The van der Waals surface area contributed by atoms with Gasteiger partial charge in [0.1, 0.15) is 0 Å². The lowest BCUT2D eigenvalue weighted by molar-refractivity contribution is 1.03. The molecule has 0 atom stereocenters. The van der Waals surface area contributed by atoms with E-state index >= 15 is 0 Å². The standard InChI is InChI=1S/C15H27Si2/c1-13-9-7-10-14(2)15(13)17(5,6)12-8-11-16(3)4/h7,9-10H,8,11-12H2,1-6H3. The highest BCUT2D eigenvalue weighted by Crippen LogP contribution is 2.18. The van der Waals surface area contributed by atoms with Gasteiger partial charge >= 0.3 is 0 Å². The third kappa shape index (κ3) is 4.11. The van der Waals surface area contributed by atoms with E-state index in [4.69, 9.17) is 0 Å². The van der Waals surface area contributed by atoms with Crippen LogP contribution in [0.15, 0.2) is 18.2 Å². The Morgan fingerprint density at radius 3 is 2.06 bits per heavy atom. The Bertz CT molecular complexity index is 347. The molecule has 0 heterocycles. The van der Waals surface area contributed by atoms with E-state index in [0.29, 0.717) is 0 Å². The molecule has 0 saturated carbocycles. The minimum Gasteiger partial charge on any atom is -0.0713 e. The molecule has 0 aliphatic heterocycles. The summed E-state index contributed by atoms with van der Waals surface area (Å²) in [6.45, 7) is 14.5. The van der Waals surface area contributed by atoms with Gasteiger partial charge in [-0.05, 0) is 13.8 Å². The fourth-order valence-corrected chi connectivity index (χ4v) is 7.74. The molecule has 0 spiro atoms. The summed E-state index contributed by atoms with van der Waals surface area (Å²) >= 11 is 0. The molecule has 1 radical (unpaired) electrons. The smallest absolute Gasteiger partial charge is 0.0713 e. The molecule has 0 aliphatic rings. The number of aryl methyl sites for hydroxylation is 2. The Kier molecular flexibility index (Phi) is 5.20. The number of rotatable bonds is 5. The van der Waals surface area contributed by atoms with Crippen molar-refractivity contribution in [2.45, 2.75) is 58.5 Å². The van der Waals surface area contributed by atoms with Crippen LogP contribution in [0.1, 0.15) is 17.5 Å². The van der Waals surface area contributed by atoms with Gasteiger partial charge in [0.05, 0.1) is 8.07 Å².